The number of methoxy groups -OCH3 is 1. The maximum Gasteiger partial charge on any atom is 0.271 e. The number of nitrogens with one attached hydrogen (secondary N) is 2. The first kappa shape index (κ1) is 18.4. The molecular weight excluding hydrogens is 340 g/mol. The van der Waals surface area contributed by atoms with E-state index in [2.05, 4.69) is 39.7 Å². The van der Waals surface area contributed by atoms with Gasteiger partial charge in [0.1, 0.15) is 17.3 Å². The van der Waals surface area contributed by atoms with E-state index in [0.29, 0.717) is 12.4 Å². The maximum atomic E-state index is 12.2. The molecule has 0 saturated carbocycles. The maximum absolute atomic E-state index is 12.2. The van der Waals surface area contributed by atoms with Crippen LogP contribution in [0.5, 0.6) is 5.75 Å². The Bertz CT molecular complexity index is 876. The monoisotopic (exact) mass is 362 g/mol. The van der Waals surface area contributed by atoms with Gasteiger partial charge in [0, 0.05) is 12.2 Å². The van der Waals surface area contributed by atoms with Gasteiger partial charge in [-0.1, -0.05) is 31.2 Å². The summed E-state index contributed by atoms with van der Waals surface area (Å²) >= 11 is 0. The first-order valence-corrected chi connectivity index (χ1v) is 8.77. The van der Waals surface area contributed by atoms with Crippen molar-refractivity contribution in [3.8, 4) is 5.75 Å². The molecule has 3 aromatic rings. The molecule has 0 spiro atoms. The lowest BCUT2D eigenvalue weighted by Gasteiger charge is -2.08. The predicted octanol–water partition coefficient (Wildman–Crippen LogP) is 3.72. The van der Waals surface area contributed by atoms with Gasteiger partial charge in [0.15, 0.2) is 0 Å². The number of rotatable bonds is 7. The first-order valence-electron chi connectivity index (χ1n) is 8.77. The van der Waals surface area contributed by atoms with Gasteiger partial charge in [0.05, 0.1) is 19.5 Å². The Morgan fingerprint density at radius 1 is 0.963 bits per heavy atom. The highest BCUT2D eigenvalue weighted by Gasteiger charge is 2.08. The first-order chi connectivity index (χ1) is 13.2. The van der Waals surface area contributed by atoms with Gasteiger partial charge in [-0.15, -0.1) is 0 Å². The van der Waals surface area contributed by atoms with Gasteiger partial charge in [0.2, 0.25) is 0 Å². The molecule has 0 radical (unpaired) electrons. The van der Waals surface area contributed by atoms with Crippen molar-refractivity contribution in [2.75, 3.05) is 12.4 Å². The summed E-state index contributed by atoms with van der Waals surface area (Å²) in [6.45, 7) is 2.53. The summed E-state index contributed by atoms with van der Waals surface area (Å²) < 4.78 is 5.12. The summed E-state index contributed by atoms with van der Waals surface area (Å²) in [5.74, 6) is 1.10. The average molecular weight is 362 g/mol. The van der Waals surface area contributed by atoms with Gasteiger partial charge in [-0.3, -0.25) is 4.79 Å². The molecule has 138 valence electrons. The van der Waals surface area contributed by atoms with Crippen molar-refractivity contribution in [2.24, 2.45) is 0 Å². The summed E-state index contributed by atoms with van der Waals surface area (Å²) in [5.41, 5.74) is 3.45. The molecule has 0 atom stereocenters. The molecule has 1 aromatic heterocycles. The lowest BCUT2D eigenvalue weighted by atomic mass is 10.1. The zero-order valence-electron chi connectivity index (χ0n) is 15.4. The summed E-state index contributed by atoms with van der Waals surface area (Å²) in [5, 5.41) is 6.00. The number of hydrogen-bond acceptors (Lipinski definition) is 5. The summed E-state index contributed by atoms with van der Waals surface area (Å²) in [4.78, 5) is 20.7. The molecule has 2 aromatic carbocycles. The second-order valence-electron chi connectivity index (χ2n) is 5.99. The SMILES string of the molecule is CCc1ccc(Nc2cnc(C(=O)NCc3ccc(OC)cc3)cn2)cc1. The van der Waals surface area contributed by atoms with Crippen molar-refractivity contribution in [3.63, 3.8) is 0 Å². The van der Waals surface area contributed by atoms with Crippen LogP contribution in [0.25, 0.3) is 0 Å². The van der Waals surface area contributed by atoms with Crippen LogP contribution in [0.4, 0.5) is 11.5 Å². The van der Waals surface area contributed by atoms with Gasteiger partial charge >= 0.3 is 0 Å². The fraction of sp³-hybridized carbons (Fsp3) is 0.190. The van der Waals surface area contributed by atoms with Crippen molar-refractivity contribution in [1.82, 2.24) is 15.3 Å². The van der Waals surface area contributed by atoms with Crippen LogP contribution in [0, 0.1) is 0 Å². The molecule has 0 aliphatic heterocycles. The molecule has 0 bridgehead atoms. The van der Waals surface area contributed by atoms with Crippen molar-refractivity contribution in [2.45, 2.75) is 19.9 Å². The molecule has 3 rings (SSSR count). The second-order valence-corrected chi connectivity index (χ2v) is 5.99. The number of ether oxygens (including phenoxy) is 1. The molecule has 2 N–H and O–H groups in total. The summed E-state index contributed by atoms with van der Waals surface area (Å²) in [6, 6.07) is 15.6. The standard InChI is InChI=1S/C21H22N4O2/c1-3-15-4-8-17(9-5-15)25-20-14-22-19(13-23-20)21(26)24-12-16-6-10-18(27-2)11-7-16/h4-11,13-14H,3,12H2,1-2H3,(H,23,25)(H,24,26). The highest BCUT2D eigenvalue weighted by atomic mass is 16.5. The Morgan fingerprint density at radius 3 is 2.26 bits per heavy atom. The van der Waals surface area contributed by atoms with Gasteiger partial charge in [-0.2, -0.15) is 0 Å². The number of aromatic nitrogens is 2. The third kappa shape index (κ3) is 5.04. The van der Waals surface area contributed by atoms with E-state index in [-0.39, 0.29) is 11.6 Å². The number of nitrogens with zero attached hydrogens (tertiary/aromatic N) is 2. The largest absolute Gasteiger partial charge is 0.497 e. The molecule has 6 nitrogen and oxygen atoms in total. The van der Waals surface area contributed by atoms with Crippen LogP contribution in [0.1, 0.15) is 28.5 Å². The predicted molar refractivity (Wildman–Crippen MR) is 105 cm³/mol. The number of benzene rings is 2. The van der Waals surface area contributed by atoms with E-state index in [1.165, 1.54) is 11.8 Å². The number of hydrogen-bond donors (Lipinski definition) is 2. The third-order valence-corrected chi connectivity index (χ3v) is 4.13. The van der Waals surface area contributed by atoms with Crippen molar-refractivity contribution in [1.29, 1.82) is 0 Å². The molecule has 27 heavy (non-hydrogen) atoms. The van der Waals surface area contributed by atoms with Gasteiger partial charge in [0.25, 0.3) is 5.91 Å². The number of anilines is 2. The normalized spacial score (nSPS) is 10.3. The molecule has 0 unspecified atom stereocenters. The summed E-state index contributed by atoms with van der Waals surface area (Å²) in [6.07, 6.45) is 4.02. The van der Waals surface area contributed by atoms with E-state index in [4.69, 9.17) is 4.74 Å². The molecule has 1 amide bonds. The molecular formula is C21H22N4O2. The van der Waals surface area contributed by atoms with Crippen molar-refractivity contribution in [3.05, 3.63) is 77.7 Å². The van der Waals surface area contributed by atoms with Crippen LogP contribution in [0.15, 0.2) is 60.9 Å². The Kier molecular flexibility index (Phi) is 5.99. The molecule has 0 fully saturated rings. The van der Waals surface area contributed by atoms with E-state index >= 15 is 0 Å². The number of amides is 1. The van der Waals surface area contributed by atoms with E-state index < -0.39 is 0 Å². The van der Waals surface area contributed by atoms with E-state index in [0.717, 1.165) is 23.4 Å². The lowest BCUT2D eigenvalue weighted by molar-refractivity contribution is 0.0945. The smallest absolute Gasteiger partial charge is 0.271 e. The highest BCUT2D eigenvalue weighted by molar-refractivity contribution is 5.92. The number of carbonyl (C=O) groups is 1. The Morgan fingerprint density at radius 2 is 1.67 bits per heavy atom. The minimum absolute atomic E-state index is 0.267. The van der Waals surface area contributed by atoms with Crippen LogP contribution in [-0.4, -0.2) is 23.0 Å². The Hall–Kier alpha value is -3.41. The van der Waals surface area contributed by atoms with Crippen LogP contribution in [0.3, 0.4) is 0 Å². The second kappa shape index (κ2) is 8.80. The molecule has 0 aliphatic carbocycles. The van der Waals surface area contributed by atoms with Crippen LogP contribution in [0.2, 0.25) is 0 Å². The number of aryl methyl sites for hydroxylation is 1. The molecule has 0 saturated heterocycles. The zero-order chi connectivity index (χ0) is 19.1. The molecule has 6 heteroatoms. The summed E-state index contributed by atoms with van der Waals surface area (Å²) in [7, 11) is 1.62. The van der Waals surface area contributed by atoms with Crippen molar-refractivity contribution < 1.29 is 9.53 Å². The van der Waals surface area contributed by atoms with Crippen LogP contribution in [-0.2, 0) is 13.0 Å². The fourth-order valence-corrected chi connectivity index (χ4v) is 2.50. The topological polar surface area (TPSA) is 76.1 Å². The fourth-order valence-electron chi connectivity index (χ4n) is 2.50. The Labute approximate surface area is 158 Å². The molecule has 0 aliphatic rings. The van der Waals surface area contributed by atoms with Gasteiger partial charge in [-0.25, -0.2) is 9.97 Å². The van der Waals surface area contributed by atoms with Crippen LogP contribution < -0.4 is 15.4 Å². The minimum Gasteiger partial charge on any atom is -0.497 e. The molecule has 1 heterocycles. The Balaban J connectivity index is 1.55. The average Bonchev–Trinajstić information content (AvgIpc) is 2.73. The zero-order valence-corrected chi connectivity index (χ0v) is 15.4. The van der Waals surface area contributed by atoms with Gasteiger partial charge in [-0.05, 0) is 41.8 Å². The minimum atomic E-state index is -0.267. The quantitative estimate of drug-likeness (QED) is 0.670. The van der Waals surface area contributed by atoms with E-state index in [1.54, 1.807) is 13.3 Å². The van der Waals surface area contributed by atoms with Crippen molar-refractivity contribution >= 4 is 17.4 Å². The lowest BCUT2D eigenvalue weighted by Crippen LogP contribution is -2.24. The number of carbonyl (C=O) groups excluding carboxylic acids is 1. The van der Waals surface area contributed by atoms with E-state index in [9.17, 15) is 4.79 Å². The highest BCUT2D eigenvalue weighted by Crippen LogP contribution is 2.15. The third-order valence-electron chi connectivity index (χ3n) is 4.13. The van der Waals surface area contributed by atoms with Crippen LogP contribution >= 0.6 is 0 Å². The van der Waals surface area contributed by atoms with E-state index in [1.807, 2.05) is 36.4 Å². The van der Waals surface area contributed by atoms with Gasteiger partial charge < -0.3 is 15.4 Å².